The van der Waals surface area contributed by atoms with Gasteiger partial charge in [-0.3, -0.25) is 4.79 Å². The van der Waals surface area contributed by atoms with Crippen molar-refractivity contribution in [1.29, 1.82) is 0 Å². The first-order valence-electron chi connectivity index (χ1n) is 7.28. The maximum atomic E-state index is 12.4. The lowest BCUT2D eigenvalue weighted by Gasteiger charge is -2.09. The lowest BCUT2D eigenvalue weighted by molar-refractivity contribution is 0.0945. The van der Waals surface area contributed by atoms with Gasteiger partial charge in [-0.05, 0) is 12.1 Å². The van der Waals surface area contributed by atoms with Gasteiger partial charge in [0.05, 0.1) is 27.9 Å². The van der Waals surface area contributed by atoms with Crippen LogP contribution in [-0.4, -0.2) is 52.0 Å². The van der Waals surface area contributed by atoms with Gasteiger partial charge in [0.25, 0.3) is 5.91 Å². The van der Waals surface area contributed by atoms with Gasteiger partial charge in [-0.2, -0.15) is 9.50 Å². The highest BCUT2D eigenvalue weighted by atomic mass is 16.5. The third-order valence-corrected chi connectivity index (χ3v) is 3.40. The summed E-state index contributed by atoms with van der Waals surface area (Å²) in [4.78, 5) is 16.5. The SMILES string of the molecule is COc1ccc(C(=O)NCc2nnc3ccc(OC)nn23)c(OC)n1. The Balaban J connectivity index is 1.79. The second kappa shape index (κ2) is 6.99. The molecule has 0 radical (unpaired) electrons. The zero-order valence-electron chi connectivity index (χ0n) is 13.9. The van der Waals surface area contributed by atoms with Crippen LogP contribution in [-0.2, 0) is 6.54 Å². The third-order valence-electron chi connectivity index (χ3n) is 3.40. The van der Waals surface area contributed by atoms with Gasteiger partial charge in [-0.15, -0.1) is 15.3 Å². The average molecular weight is 344 g/mol. The van der Waals surface area contributed by atoms with Crippen LogP contribution in [0, 0.1) is 0 Å². The maximum absolute atomic E-state index is 12.4. The van der Waals surface area contributed by atoms with Crippen LogP contribution in [0.1, 0.15) is 16.2 Å². The predicted molar refractivity (Wildman–Crippen MR) is 85.8 cm³/mol. The highest BCUT2D eigenvalue weighted by molar-refractivity contribution is 5.96. The number of aromatic nitrogens is 5. The predicted octanol–water partition coefficient (Wildman–Crippen LogP) is 0.475. The monoisotopic (exact) mass is 344 g/mol. The molecule has 3 aromatic heterocycles. The first-order valence-corrected chi connectivity index (χ1v) is 7.28. The molecule has 0 unspecified atom stereocenters. The summed E-state index contributed by atoms with van der Waals surface area (Å²) in [6.07, 6.45) is 0. The van der Waals surface area contributed by atoms with E-state index < -0.39 is 0 Å². The Morgan fingerprint density at radius 3 is 2.52 bits per heavy atom. The van der Waals surface area contributed by atoms with Crippen LogP contribution < -0.4 is 19.5 Å². The number of nitrogens with zero attached hydrogens (tertiary/aromatic N) is 5. The molecule has 0 saturated heterocycles. The molecule has 0 aliphatic heterocycles. The van der Waals surface area contributed by atoms with Crippen LogP contribution in [0.4, 0.5) is 0 Å². The fourth-order valence-electron chi connectivity index (χ4n) is 2.16. The summed E-state index contributed by atoms with van der Waals surface area (Å²) in [6, 6.07) is 6.56. The zero-order chi connectivity index (χ0) is 17.8. The molecular formula is C15H16N6O4. The summed E-state index contributed by atoms with van der Waals surface area (Å²) in [5.41, 5.74) is 0.830. The van der Waals surface area contributed by atoms with Gasteiger partial charge in [0.1, 0.15) is 5.56 Å². The highest BCUT2D eigenvalue weighted by Gasteiger charge is 2.16. The Bertz CT molecular complexity index is 910. The van der Waals surface area contributed by atoms with Gasteiger partial charge < -0.3 is 19.5 Å². The molecule has 0 bridgehead atoms. The molecule has 0 aliphatic carbocycles. The second-order valence-corrected chi connectivity index (χ2v) is 4.86. The number of fused-ring (bicyclic) bond motifs is 1. The van der Waals surface area contributed by atoms with E-state index >= 15 is 0 Å². The molecule has 0 spiro atoms. The largest absolute Gasteiger partial charge is 0.481 e. The first-order chi connectivity index (χ1) is 12.2. The van der Waals surface area contributed by atoms with Crippen molar-refractivity contribution in [2.45, 2.75) is 6.54 Å². The van der Waals surface area contributed by atoms with E-state index in [4.69, 9.17) is 14.2 Å². The summed E-state index contributed by atoms with van der Waals surface area (Å²) in [7, 11) is 4.43. The third kappa shape index (κ3) is 3.27. The van der Waals surface area contributed by atoms with Gasteiger partial charge in [0.2, 0.25) is 17.6 Å². The Labute approximate surface area is 142 Å². The van der Waals surface area contributed by atoms with E-state index in [1.54, 1.807) is 24.3 Å². The molecule has 25 heavy (non-hydrogen) atoms. The molecule has 0 atom stereocenters. The van der Waals surface area contributed by atoms with E-state index in [2.05, 4.69) is 25.6 Å². The molecule has 0 aromatic carbocycles. The van der Waals surface area contributed by atoms with Crippen molar-refractivity contribution < 1.29 is 19.0 Å². The van der Waals surface area contributed by atoms with Gasteiger partial charge in [0.15, 0.2) is 11.5 Å². The Morgan fingerprint density at radius 2 is 1.80 bits per heavy atom. The van der Waals surface area contributed by atoms with Crippen LogP contribution in [0.3, 0.4) is 0 Å². The van der Waals surface area contributed by atoms with Crippen LogP contribution in [0.2, 0.25) is 0 Å². The quantitative estimate of drug-likeness (QED) is 0.687. The minimum Gasteiger partial charge on any atom is -0.481 e. The fraction of sp³-hybridized carbons (Fsp3) is 0.267. The standard InChI is InChI=1S/C15H16N6O4/c1-23-12-6-4-9(15(17-12)25-3)14(22)16-8-11-19-18-10-5-7-13(24-2)20-21(10)11/h4-7H,8H2,1-3H3,(H,16,22). The fourth-order valence-corrected chi connectivity index (χ4v) is 2.16. The Kier molecular flexibility index (Phi) is 4.59. The number of carbonyl (C=O) groups excluding carboxylic acids is 1. The number of ether oxygens (including phenoxy) is 3. The maximum Gasteiger partial charge on any atom is 0.257 e. The van der Waals surface area contributed by atoms with Crippen molar-refractivity contribution in [3.63, 3.8) is 0 Å². The number of hydrogen-bond acceptors (Lipinski definition) is 8. The van der Waals surface area contributed by atoms with Gasteiger partial charge in [-0.25, -0.2) is 0 Å². The van der Waals surface area contributed by atoms with Crippen LogP contribution >= 0.6 is 0 Å². The van der Waals surface area contributed by atoms with Crippen molar-refractivity contribution in [3.8, 4) is 17.6 Å². The van der Waals surface area contributed by atoms with Crippen LogP contribution in [0.15, 0.2) is 24.3 Å². The molecule has 0 fully saturated rings. The summed E-state index contributed by atoms with van der Waals surface area (Å²) in [6.45, 7) is 0.120. The second-order valence-electron chi connectivity index (χ2n) is 4.86. The zero-order valence-corrected chi connectivity index (χ0v) is 13.9. The number of pyridine rings is 1. The van der Waals surface area contributed by atoms with E-state index in [0.717, 1.165) is 0 Å². The summed E-state index contributed by atoms with van der Waals surface area (Å²) in [5, 5.41) is 15.0. The molecule has 130 valence electrons. The van der Waals surface area contributed by atoms with Crippen molar-refractivity contribution in [2.75, 3.05) is 21.3 Å². The van der Waals surface area contributed by atoms with Crippen LogP contribution in [0.25, 0.3) is 5.65 Å². The minimum absolute atomic E-state index is 0.120. The van der Waals surface area contributed by atoms with Crippen molar-refractivity contribution in [3.05, 3.63) is 35.7 Å². The summed E-state index contributed by atoms with van der Waals surface area (Å²) < 4.78 is 16.7. The van der Waals surface area contributed by atoms with E-state index in [9.17, 15) is 4.79 Å². The van der Waals surface area contributed by atoms with E-state index in [-0.39, 0.29) is 23.9 Å². The molecule has 10 heteroatoms. The van der Waals surface area contributed by atoms with Crippen molar-refractivity contribution in [2.24, 2.45) is 0 Å². The van der Waals surface area contributed by atoms with E-state index in [0.29, 0.717) is 23.2 Å². The molecular weight excluding hydrogens is 328 g/mol. The molecule has 3 rings (SSSR count). The number of methoxy groups -OCH3 is 3. The summed E-state index contributed by atoms with van der Waals surface area (Å²) in [5.74, 6) is 1.03. The molecule has 10 nitrogen and oxygen atoms in total. The number of hydrogen-bond donors (Lipinski definition) is 1. The van der Waals surface area contributed by atoms with Gasteiger partial charge >= 0.3 is 0 Å². The summed E-state index contributed by atoms with van der Waals surface area (Å²) >= 11 is 0. The molecule has 1 amide bonds. The minimum atomic E-state index is -0.369. The Morgan fingerprint density at radius 1 is 1.04 bits per heavy atom. The van der Waals surface area contributed by atoms with Crippen molar-refractivity contribution in [1.82, 2.24) is 30.1 Å². The molecule has 0 saturated carbocycles. The first kappa shape index (κ1) is 16.4. The number of nitrogens with one attached hydrogen (secondary N) is 1. The van der Waals surface area contributed by atoms with Gasteiger partial charge in [-0.1, -0.05) is 0 Å². The Hall–Kier alpha value is -3.43. The number of amides is 1. The number of rotatable bonds is 6. The molecule has 3 heterocycles. The normalized spacial score (nSPS) is 10.5. The average Bonchev–Trinajstić information content (AvgIpc) is 3.07. The lowest BCUT2D eigenvalue weighted by atomic mass is 10.2. The van der Waals surface area contributed by atoms with Crippen molar-refractivity contribution >= 4 is 11.6 Å². The lowest BCUT2D eigenvalue weighted by Crippen LogP contribution is -2.25. The highest BCUT2D eigenvalue weighted by Crippen LogP contribution is 2.19. The van der Waals surface area contributed by atoms with E-state index in [1.807, 2.05) is 0 Å². The van der Waals surface area contributed by atoms with E-state index in [1.165, 1.54) is 25.8 Å². The topological polar surface area (TPSA) is 113 Å². The molecule has 3 aromatic rings. The number of carbonyl (C=O) groups is 1. The van der Waals surface area contributed by atoms with Crippen LogP contribution in [0.5, 0.6) is 17.6 Å². The molecule has 1 N–H and O–H groups in total. The van der Waals surface area contributed by atoms with Gasteiger partial charge in [0, 0.05) is 12.1 Å². The molecule has 0 aliphatic rings. The smallest absolute Gasteiger partial charge is 0.257 e.